The van der Waals surface area contributed by atoms with Crippen molar-refractivity contribution in [1.82, 2.24) is 4.90 Å². The van der Waals surface area contributed by atoms with E-state index in [4.69, 9.17) is 4.74 Å². The second-order valence-corrected chi connectivity index (χ2v) is 3.63. The lowest BCUT2D eigenvalue weighted by atomic mass is 10.1. The van der Waals surface area contributed by atoms with Crippen molar-refractivity contribution >= 4 is 12.1 Å². The molecule has 0 aliphatic carbocycles. The first kappa shape index (κ1) is 10.0. The number of hydrogen-bond acceptors (Lipinski definition) is 4. The van der Waals surface area contributed by atoms with Crippen LogP contribution in [-0.4, -0.2) is 42.8 Å². The van der Waals surface area contributed by atoms with Crippen LogP contribution in [0.25, 0.3) is 0 Å². The van der Waals surface area contributed by atoms with E-state index in [1.807, 2.05) is 0 Å². The molecule has 0 saturated carbocycles. The van der Waals surface area contributed by atoms with E-state index in [0.717, 1.165) is 12.8 Å². The Morgan fingerprint density at radius 3 is 3.07 bits per heavy atom. The van der Waals surface area contributed by atoms with Crippen molar-refractivity contribution in [2.75, 3.05) is 13.7 Å². The fourth-order valence-corrected chi connectivity index (χ4v) is 2.07. The summed E-state index contributed by atoms with van der Waals surface area (Å²) in [5.74, 6) is -0.336. The molecule has 2 atom stereocenters. The van der Waals surface area contributed by atoms with E-state index in [-0.39, 0.29) is 24.2 Å². The first-order valence-corrected chi connectivity index (χ1v) is 4.96. The zero-order valence-electron chi connectivity index (χ0n) is 8.51. The summed E-state index contributed by atoms with van der Waals surface area (Å²) in [5.41, 5.74) is 0. The minimum absolute atomic E-state index is 0.0693. The van der Waals surface area contributed by atoms with Gasteiger partial charge in [-0.15, -0.1) is 0 Å². The van der Waals surface area contributed by atoms with E-state index in [1.54, 1.807) is 11.0 Å². The van der Waals surface area contributed by atoms with E-state index in [0.29, 0.717) is 6.54 Å². The van der Waals surface area contributed by atoms with Crippen LogP contribution in [0, 0.1) is 0 Å². The molecule has 0 N–H and O–H groups in total. The van der Waals surface area contributed by atoms with Crippen LogP contribution in [0.3, 0.4) is 0 Å². The highest BCUT2D eigenvalue weighted by atomic mass is 16.6. The van der Waals surface area contributed by atoms with Crippen molar-refractivity contribution in [1.29, 1.82) is 0 Å². The monoisotopic (exact) mass is 211 g/mol. The summed E-state index contributed by atoms with van der Waals surface area (Å²) in [5, 5.41) is 0. The Kier molecular flexibility index (Phi) is 2.62. The zero-order valence-corrected chi connectivity index (χ0v) is 8.51. The maximum absolute atomic E-state index is 11.4. The quantitative estimate of drug-likeness (QED) is 0.599. The Morgan fingerprint density at radius 2 is 2.47 bits per heavy atom. The Labute approximate surface area is 87.6 Å². The van der Waals surface area contributed by atoms with Gasteiger partial charge >= 0.3 is 12.1 Å². The van der Waals surface area contributed by atoms with E-state index in [9.17, 15) is 9.59 Å². The van der Waals surface area contributed by atoms with E-state index in [2.05, 4.69) is 4.74 Å². The molecule has 0 spiro atoms. The standard InChI is InChI=1S/C10H13NO4/c1-14-10(13)11-6-2-3-7(11)8-4-5-9(12)15-8/h4-5,7-8H,2-3,6H2,1H3/t7-,8-/m1/s1. The second-order valence-electron chi connectivity index (χ2n) is 3.63. The molecule has 5 nitrogen and oxygen atoms in total. The summed E-state index contributed by atoms with van der Waals surface area (Å²) in [7, 11) is 1.36. The fraction of sp³-hybridized carbons (Fsp3) is 0.600. The molecule has 0 unspecified atom stereocenters. The zero-order chi connectivity index (χ0) is 10.8. The van der Waals surface area contributed by atoms with Crippen LogP contribution in [0.2, 0.25) is 0 Å². The molecule has 2 rings (SSSR count). The average molecular weight is 211 g/mol. The number of likely N-dealkylation sites (tertiary alicyclic amines) is 1. The summed E-state index contributed by atoms with van der Waals surface area (Å²) in [4.78, 5) is 23.9. The summed E-state index contributed by atoms with van der Waals surface area (Å²) in [6.45, 7) is 0.666. The number of carbonyl (C=O) groups excluding carboxylic acids is 2. The molecule has 2 aliphatic heterocycles. The smallest absolute Gasteiger partial charge is 0.409 e. The van der Waals surface area contributed by atoms with Crippen LogP contribution in [0.1, 0.15) is 12.8 Å². The number of rotatable bonds is 1. The first-order valence-electron chi connectivity index (χ1n) is 4.96. The molecule has 0 radical (unpaired) electrons. The Hall–Kier alpha value is -1.52. The SMILES string of the molecule is COC(=O)N1CCC[C@@H]1[C@H]1C=CC(=O)O1. The maximum atomic E-state index is 11.4. The molecule has 1 amide bonds. The van der Waals surface area contributed by atoms with Crippen molar-refractivity contribution < 1.29 is 19.1 Å². The topological polar surface area (TPSA) is 55.8 Å². The van der Waals surface area contributed by atoms with Crippen LogP contribution in [0.4, 0.5) is 4.79 Å². The molecule has 0 aromatic carbocycles. The average Bonchev–Trinajstić information content (AvgIpc) is 2.84. The number of cyclic esters (lactones) is 1. The predicted molar refractivity (Wildman–Crippen MR) is 51.2 cm³/mol. The van der Waals surface area contributed by atoms with E-state index < -0.39 is 0 Å². The molecule has 0 bridgehead atoms. The molecule has 15 heavy (non-hydrogen) atoms. The number of amides is 1. The van der Waals surface area contributed by atoms with Gasteiger partial charge in [0, 0.05) is 12.6 Å². The predicted octanol–water partition coefficient (Wildman–Crippen LogP) is 0.699. The van der Waals surface area contributed by atoms with Gasteiger partial charge in [-0.05, 0) is 18.9 Å². The molecular formula is C10H13NO4. The highest BCUT2D eigenvalue weighted by molar-refractivity contribution is 5.84. The number of hydrogen-bond donors (Lipinski definition) is 0. The number of esters is 1. The summed E-state index contributed by atoms with van der Waals surface area (Å²) < 4.78 is 9.74. The van der Waals surface area contributed by atoms with Crippen molar-refractivity contribution in [3.63, 3.8) is 0 Å². The van der Waals surface area contributed by atoms with Gasteiger partial charge in [-0.3, -0.25) is 0 Å². The van der Waals surface area contributed by atoms with Gasteiger partial charge in [0.1, 0.15) is 6.10 Å². The highest BCUT2D eigenvalue weighted by Crippen LogP contribution is 2.25. The van der Waals surface area contributed by atoms with Crippen LogP contribution in [0.5, 0.6) is 0 Å². The first-order chi connectivity index (χ1) is 7.22. The molecule has 2 aliphatic rings. The third-order valence-corrected chi connectivity index (χ3v) is 2.76. The van der Waals surface area contributed by atoms with Crippen LogP contribution in [0.15, 0.2) is 12.2 Å². The number of nitrogens with zero attached hydrogens (tertiary/aromatic N) is 1. The van der Waals surface area contributed by atoms with E-state index in [1.165, 1.54) is 13.2 Å². The van der Waals surface area contributed by atoms with Gasteiger partial charge < -0.3 is 14.4 Å². The summed E-state index contributed by atoms with van der Waals surface area (Å²) >= 11 is 0. The number of carbonyl (C=O) groups is 2. The minimum Gasteiger partial charge on any atom is -0.453 e. The molecule has 2 heterocycles. The van der Waals surface area contributed by atoms with Crippen LogP contribution in [-0.2, 0) is 14.3 Å². The highest BCUT2D eigenvalue weighted by Gasteiger charge is 2.37. The maximum Gasteiger partial charge on any atom is 0.409 e. The normalized spacial score (nSPS) is 29.4. The third-order valence-electron chi connectivity index (χ3n) is 2.76. The second kappa shape index (κ2) is 3.92. The van der Waals surface area contributed by atoms with Crippen molar-refractivity contribution in [2.24, 2.45) is 0 Å². The van der Waals surface area contributed by atoms with Crippen LogP contribution < -0.4 is 0 Å². The van der Waals surface area contributed by atoms with Crippen LogP contribution >= 0.6 is 0 Å². The van der Waals surface area contributed by atoms with Gasteiger partial charge in [-0.2, -0.15) is 0 Å². The van der Waals surface area contributed by atoms with Gasteiger partial charge in [0.05, 0.1) is 13.2 Å². The molecule has 0 aromatic rings. The molecule has 82 valence electrons. The van der Waals surface area contributed by atoms with Gasteiger partial charge in [0.2, 0.25) is 0 Å². The summed E-state index contributed by atoms with van der Waals surface area (Å²) in [6.07, 6.45) is 4.21. The molecule has 0 aromatic heterocycles. The molecular weight excluding hydrogens is 198 g/mol. The lowest BCUT2D eigenvalue weighted by Crippen LogP contribution is -2.42. The molecule has 5 heteroatoms. The Balaban J connectivity index is 2.05. The van der Waals surface area contributed by atoms with Gasteiger partial charge in [0.25, 0.3) is 0 Å². The minimum atomic E-state index is -0.353. The third kappa shape index (κ3) is 1.82. The van der Waals surface area contributed by atoms with Gasteiger partial charge in [0.15, 0.2) is 0 Å². The number of methoxy groups -OCH3 is 1. The Morgan fingerprint density at radius 1 is 1.67 bits per heavy atom. The largest absolute Gasteiger partial charge is 0.453 e. The summed E-state index contributed by atoms with van der Waals surface area (Å²) in [6, 6.07) is -0.0693. The van der Waals surface area contributed by atoms with Gasteiger partial charge in [-0.1, -0.05) is 0 Å². The Bertz CT molecular complexity index is 313. The number of ether oxygens (including phenoxy) is 2. The fourth-order valence-electron chi connectivity index (χ4n) is 2.07. The van der Waals surface area contributed by atoms with Crippen molar-refractivity contribution in [3.8, 4) is 0 Å². The van der Waals surface area contributed by atoms with Crippen molar-refractivity contribution in [3.05, 3.63) is 12.2 Å². The van der Waals surface area contributed by atoms with Gasteiger partial charge in [-0.25, -0.2) is 9.59 Å². The molecule has 1 saturated heterocycles. The van der Waals surface area contributed by atoms with E-state index >= 15 is 0 Å². The van der Waals surface area contributed by atoms with Crippen molar-refractivity contribution in [2.45, 2.75) is 25.0 Å². The lowest BCUT2D eigenvalue weighted by molar-refractivity contribution is -0.140. The molecule has 1 fully saturated rings. The lowest BCUT2D eigenvalue weighted by Gasteiger charge is -2.26.